The highest BCUT2D eigenvalue weighted by Gasteiger charge is 2.02. The molecule has 0 atom stereocenters. The number of allylic oxidation sites excluding steroid dienone is 2. The molecule has 0 amide bonds. The number of hydrogen-bond donors (Lipinski definition) is 0. The van der Waals surface area contributed by atoms with Crippen LogP contribution in [0.25, 0.3) is 0 Å². The summed E-state index contributed by atoms with van der Waals surface area (Å²) in [5.74, 6) is 0. The van der Waals surface area contributed by atoms with Gasteiger partial charge in [-0.3, -0.25) is 10.1 Å². The second kappa shape index (κ2) is 4.56. The summed E-state index contributed by atoms with van der Waals surface area (Å²) in [5.41, 5.74) is 2.49. The summed E-state index contributed by atoms with van der Waals surface area (Å²) in [5, 5.41) is 10.4. The van der Waals surface area contributed by atoms with Crippen molar-refractivity contribution < 1.29 is 4.92 Å². The van der Waals surface area contributed by atoms with E-state index in [0.717, 1.165) is 12.0 Å². The Morgan fingerprint density at radius 2 is 1.93 bits per heavy atom. The molecule has 0 aromatic heterocycles. The molecule has 74 valence electrons. The number of nitrogens with zero attached hydrogens (tertiary/aromatic N) is 1. The van der Waals surface area contributed by atoms with Gasteiger partial charge in [0.05, 0.1) is 4.92 Å². The summed E-state index contributed by atoms with van der Waals surface area (Å²) in [6, 6.07) is 6.65. The van der Waals surface area contributed by atoms with E-state index in [0.29, 0.717) is 0 Å². The van der Waals surface area contributed by atoms with E-state index in [1.807, 2.05) is 13.8 Å². The van der Waals surface area contributed by atoms with E-state index in [9.17, 15) is 10.1 Å². The summed E-state index contributed by atoms with van der Waals surface area (Å²) in [7, 11) is 0. The number of benzene rings is 1. The van der Waals surface area contributed by atoms with Gasteiger partial charge in [0.2, 0.25) is 0 Å². The molecule has 3 heteroatoms. The van der Waals surface area contributed by atoms with Crippen LogP contribution in [0.5, 0.6) is 0 Å². The first-order valence-electron chi connectivity index (χ1n) is 4.46. The van der Waals surface area contributed by atoms with Crippen LogP contribution >= 0.6 is 0 Å². The lowest BCUT2D eigenvalue weighted by molar-refractivity contribution is -0.384. The van der Waals surface area contributed by atoms with Crippen molar-refractivity contribution in [2.24, 2.45) is 0 Å². The largest absolute Gasteiger partial charge is 0.269 e. The molecule has 1 rings (SSSR count). The minimum atomic E-state index is -0.384. The van der Waals surface area contributed by atoms with Gasteiger partial charge < -0.3 is 0 Å². The van der Waals surface area contributed by atoms with Crippen molar-refractivity contribution in [3.8, 4) is 0 Å². The number of rotatable bonds is 3. The molecule has 14 heavy (non-hydrogen) atoms. The molecule has 0 saturated carbocycles. The average molecular weight is 191 g/mol. The quantitative estimate of drug-likeness (QED) is 0.418. The van der Waals surface area contributed by atoms with Gasteiger partial charge in [0, 0.05) is 12.1 Å². The third-order valence-corrected chi connectivity index (χ3v) is 1.89. The normalized spacial score (nSPS) is 9.57. The van der Waals surface area contributed by atoms with E-state index >= 15 is 0 Å². The molecule has 1 aromatic rings. The van der Waals surface area contributed by atoms with Crippen molar-refractivity contribution in [1.82, 2.24) is 0 Å². The number of non-ortho nitro benzene ring substituents is 1. The summed E-state index contributed by atoms with van der Waals surface area (Å²) >= 11 is 0. The first kappa shape index (κ1) is 10.4. The second-order valence-corrected chi connectivity index (χ2v) is 3.41. The maximum Gasteiger partial charge on any atom is 0.269 e. The van der Waals surface area contributed by atoms with Crippen LogP contribution in [-0.4, -0.2) is 4.92 Å². The third kappa shape index (κ3) is 3.01. The highest BCUT2D eigenvalue weighted by Crippen LogP contribution is 2.12. The van der Waals surface area contributed by atoms with E-state index < -0.39 is 0 Å². The molecule has 0 heterocycles. The SMILES string of the molecule is CC(C)=CCc1ccc([N+](=O)[O-])cc1. The monoisotopic (exact) mass is 191 g/mol. The van der Waals surface area contributed by atoms with Crippen LogP contribution in [0.15, 0.2) is 35.9 Å². The molecule has 0 aliphatic heterocycles. The lowest BCUT2D eigenvalue weighted by atomic mass is 10.1. The van der Waals surface area contributed by atoms with Crippen LogP contribution in [-0.2, 0) is 6.42 Å². The molecule has 0 radical (unpaired) electrons. The fraction of sp³-hybridized carbons (Fsp3) is 0.273. The Labute approximate surface area is 83.2 Å². The Hall–Kier alpha value is -1.64. The highest BCUT2D eigenvalue weighted by atomic mass is 16.6. The van der Waals surface area contributed by atoms with Crippen LogP contribution in [0, 0.1) is 10.1 Å². The van der Waals surface area contributed by atoms with Crippen LogP contribution in [0.2, 0.25) is 0 Å². The highest BCUT2D eigenvalue weighted by molar-refractivity contribution is 5.33. The Kier molecular flexibility index (Phi) is 3.40. The van der Waals surface area contributed by atoms with E-state index in [-0.39, 0.29) is 10.6 Å². The van der Waals surface area contributed by atoms with Gasteiger partial charge >= 0.3 is 0 Å². The Balaban J connectivity index is 2.74. The molecular formula is C11H13NO2. The number of nitro groups is 1. The summed E-state index contributed by atoms with van der Waals surface area (Å²) in [6.45, 7) is 4.07. The molecule has 0 spiro atoms. The van der Waals surface area contributed by atoms with Gasteiger partial charge in [0.15, 0.2) is 0 Å². The first-order valence-corrected chi connectivity index (χ1v) is 4.46. The van der Waals surface area contributed by atoms with Gasteiger partial charge in [-0.1, -0.05) is 23.8 Å². The minimum Gasteiger partial charge on any atom is -0.258 e. The van der Waals surface area contributed by atoms with E-state index in [2.05, 4.69) is 6.08 Å². The maximum atomic E-state index is 10.4. The molecule has 3 nitrogen and oxygen atoms in total. The van der Waals surface area contributed by atoms with Crippen molar-refractivity contribution in [2.75, 3.05) is 0 Å². The lowest BCUT2D eigenvalue weighted by Gasteiger charge is -1.96. The smallest absolute Gasteiger partial charge is 0.258 e. The lowest BCUT2D eigenvalue weighted by Crippen LogP contribution is -1.88. The fourth-order valence-corrected chi connectivity index (χ4v) is 1.08. The number of nitro benzene ring substituents is 1. The maximum absolute atomic E-state index is 10.4. The van der Waals surface area contributed by atoms with Crippen LogP contribution in [0.4, 0.5) is 5.69 Å². The summed E-state index contributed by atoms with van der Waals surface area (Å²) in [6.07, 6.45) is 2.93. The molecule has 0 aliphatic rings. The summed E-state index contributed by atoms with van der Waals surface area (Å²) in [4.78, 5) is 9.99. The molecule has 0 aliphatic carbocycles. The van der Waals surface area contributed by atoms with E-state index in [1.165, 1.54) is 17.7 Å². The Morgan fingerprint density at radius 3 is 2.36 bits per heavy atom. The van der Waals surface area contributed by atoms with Gasteiger partial charge in [-0.2, -0.15) is 0 Å². The molecular weight excluding hydrogens is 178 g/mol. The zero-order chi connectivity index (χ0) is 10.6. The molecule has 0 bridgehead atoms. The van der Waals surface area contributed by atoms with Crippen molar-refractivity contribution in [3.05, 3.63) is 51.6 Å². The second-order valence-electron chi connectivity index (χ2n) is 3.41. The Bertz CT molecular complexity index is 348. The molecule has 0 unspecified atom stereocenters. The van der Waals surface area contributed by atoms with Crippen LogP contribution in [0.3, 0.4) is 0 Å². The van der Waals surface area contributed by atoms with Crippen molar-refractivity contribution >= 4 is 5.69 Å². The predicted molar refractivity (Wildman–Crippen MR) is 56.2 cm³/mol. The molecule has 0 fully saturated rings. The van der Waals surface area contributed by atoms with Crippen molar-refractivity contribution in [2.45, 2.75) is 20.3 Å². The molecule has 0 saturated heterocycles. The first-order chi connectivity index (χ1) is 6.59. The zero-order valence-electron chi connectivity index (χ0n) is 8.36. The zero-order valence-corrected chi connectivity index (χ0v) is 8.36. The van der Waals surface area contributed by atoms with E-state index in [1.54, 1.807) is 12.1 Å². The average Bonchev–Trinajstić information content (AvgIpc) is 2.15. The van der Waals surface area contributed by atoms with Gasteiger partial charge in [0.25, 0.3) is 5.69 Å². The van der Waals surface area contributed by atoms with Gasteiger partial charge in [0.1, 0.15) is 0 Å². The van der Waals surface area contributed by atoms with Crippen LogP contribution < -0.4 is 0 Å². The van der Waals surface area contributed by atoms with Crippen LogP contribution in [0.1, 0.15) is 19.4 Å². The van der Waals surface area contributed by atoms with Gasteiger partial charge in [-0.25, -0.2) is 0 Å². The topological polar surface area (TPSA) is 43.1 Å². The molecule has 1 aromatic carbocycles. The van der Waals surface area contributed by atoms with E-state index in [4.69, 9.17) is 0 Å². The molecule has 0 N–H and O–H groups in total. The van der Waals surface area contributed by atoms with Gasteiger partial charge in [-0.05, 0) is 25.8 Å². The van der Waals surface area contributed by atoms with Crippen molar-refractivity contribution in [3.63, 3.8) is 0 Å². The van der Waals surface area contributed by atoms with Crippen molar-refractivity contribution in [1.29, 1.82) is 0 Å². The van der Waals surface area contributed by atoms with Gasteiger partial charge in [-0.15, -0.1) is 0 Å². The third-order valence-electron chi connectivity index (χ3n) is 1.89. The number of hydrogen-bond acceptors (Lipinski definition) is 2. The fourth-order valence-electron chi connectivity index (χ4n) is 1.08. The Morgan fingerprint density at radius 1 is 1.36 bits per heavy atom. The predicted octanol–water partition coefficient (Wildman–Crippen LogP) is 3.10. The standard InChI is InChI=1S/C11H13NO2/c1-9(2)3-4-10-5-7-11(8-6-10)12(13)14/h3,5-8H,4H2,1-2H3. The summed E-state index contributed by atoms with van der Waals surface area (Å²) < 4.78 is 0. The minimum absolute atomic E-state index is 0.144.